The number of nitrogens with one attached hydrogen (secondary N) is 1. The number of thioether (sulfide) groups is 1. The summed E-state index contributed by atoms with van der Waals surface area (Å²) in [6.07, 6.45) is 0. The Morgan fingerprint density at radius 1 is 1.09 bits per heavy atom. The molecular formula is C17H17NO3S. The first kappa shape index (κ1) is 16.1. The number of benzene rings is 2. The highest BCUT2D eigenvalue weighted by Crippen LogP contribution is 2.17. The Balaban J connectivity index is 1.94. The molecule has 0 spiro atoms. The molecule has 0 aliphatic heterocycles. The van der Waals surface area contributed by atoms with E-state index in [2.05, 4.69) is 10.1 Å². The first-order valence-corrected chi connectivity index (χ1v) is 7.94. The van der Waals surface area contributed by atoms with Crippen LogP contribution in [0.5, 0.6) is 0 Å². The van der Waals surface area contributed by atoms with E-state index in [1.54, 1.807) is 12.1 Å². The molecule has 0 heterocycles. The van der Waals surface area contributed by atoms with E-state index in [-0.39, 0.29) is 11.9 Å². The van der Waals surface area contributed by atoms with Crippen molar-refractivity contribution in [2.45, 2.75) is 5.75 Å². The lowest BCUT2D eigenvalue weighted by Crippen LogP contribution is -2.11. The highest BCUT2D eigenvalue weighted by Gasteiger charge is 2.06. The average molecular weight is 315 g/mol. The molecule has 1 N–H and O–H groups in total. The van der Waals surface area contributed by atoms with Gasteiger partial charge in [-0.15, -0.1) is 11.8 Å². The second-order valence-corrected chi connectivity index (χ2v) is 5.58. The standard InChI is InChI=1S/C17H17NO3S/c1-21-16(19)12-22-11-13-6-5-9-15(10-13)18-17(20)14-7-3-2-4-8-14/h2-10H,11-12H2,1H3,(H,18,20). The largest absolute Gasteiger partial charge is 0.468 e. The molecule has 5 heteroatoms. The third kappa shape index (κ3) is 4.93. The summed E-state index contributed by atoms with van der Waals surface area (Å²) in [6, 6.07) is 16.7. The molecule has 2 aromatic rings. The molecular weight excluding hydrogens is 298 g/mol. The van der Waals surface area contributed by atoms with E-state index in [4.69, 9.17) is 0 Å². The van der Waals surface area contributed by atoms with E-state index in [9.17, 15) is 9.59 Å². The molecule has 0 aliphatic rings. The molecule has 2 aromatic carbocycles. The topological polar surface area (TPSA) is 55.4 Å². The quantitative estimate of drug-likeness (QED) is 0.831. The van der Waals surface area contributed by atoms with Crippen molar-refractivity contribution in [2.75, 3.05) is 18.2 Å². The van der Waals surface area contributed by atoms with Crippen molar-refractivity contribution >= 4 is 29.3 Å². The molecule has 4 nitrogen and oxygen atoms in total. The van der Waals surface area contributed by atoms with Crippen molar-refractivity contribution in [1.82, 2.24) is 0 Å². The molecule has 0 unspecified atom stereocenters. The SMILES string of the molecule is COC(=O)CSCc1cccc(NC(=O)c2ccccc2)c1. The second-order valence-electron chi connectivity index (χ2n) is 4.59. The van der Waals surface area contributed by atoms with Gasteiger partial charge in [0, 0.05) is 17.0 Å². The van der Waals surface area contributed by atoms with Gasteiger partial charge in [0.1, 0.15) is 0 Å². The number of methoxy groups -OCH3 is 1. The summed E-state index contributed by atoms with van der Waals surface area (Å²) in [5.41, 5.74) is 2.40. The van der Waals surface area contributed by atoms with Gasteiger partial charge in [0.05, 0.1) is 12.9 Å². The lowest BCUT2D eigenvalue weighted by Gasteiger charge is -2.07. The first-order valence-electron chi connectivity index (χ1n) is 6.79. The maximum atomic E-state index is 12.1. The zero-order valence-corrected chi connectivity index (χ0v) is 13.1. The number of hydrogen-bond acceptors (Lipinski definition) is 4. The summed E-state index contributed by atoms with van der Waals surface area (Å²) < 4.78 is 4.60. The highest BCUT2D eigenvalue weighted by molar-refractivity contribution is 7.99. The van der Waals surface area contributed by atoms with Crippen LogP contribution < -0.4 is 5.32 Å². The van der Waals surface area contributed by atoms with Gasteiger partial charge < -0.3 is 10.1 Å². The molecule has 0 saturated carbocycles. The second kappa shape index (κ2) is 8.24. The highest BCUT2D eigenvalue weighted by atomic mass is 32.2. The van der Waals surface area contributed by atoms with Gasteiger partial charge in [-0.05, 0) is 29.8 Å². The van der Waals surface area contributed by atoms with Crippen molar-refractivity contribution in [2.24, 2.45) is 0 Å². The molecule has 2 rings (SSSR count). The predicted molar refractivity (Wildman–Crippen MR) is 89.0 cm³/mol. The molecule has 0 radical (unpaired) electrons. The van der Waals surface area contributed by atoms with E-state index in [1.807, 2.05) is 42.5 Å². The van der Waals surface area contributed by atoms with Gasteiger partial charge in [-0.3, -0.25) is 9.59 Å². The Morgan fingerprint density at radius 2 is 1.86 bits per heavy atom. The number of carbonyl (C=O) groups is 2. The van der Waals surface area contributed by atoms with Crippen molar-refractivity contribution in [3.05, 3.63) is 65.7 Å². The summed E-state index contributed by atoms with van der Waals surface area (Å²) in [5, 5.41) is 2.87. The van der Waals surface area contributed by atoms with Crippen molar-refractivity contribution < 1.29 is 14.3 Å². The van der Waals surface area contributed by atoms with Gasteiger partial charge in [0.15, 0.2) is 0 Å². The lowest BCUT2D eigenvalue weighted by atomic mass is 10.2. The van der Waals surface area contributed by atoms with Crippen LogP contribution in [0.25, 0.3) is 0 Å². The monoisotopic (exact) mass is 315 g/mol. The van der Waals surface area contributed by atoms with Gasteiger partial charge in [-0.2, -0.15) is 0 Å². The van der Waals surface area contributed by atoms with Crippen LogP contribution in [0.2, 0.25) is 0 Å². The average Bonchev–Trinajstić information content (AvgIpc) is 2.56. The molecule has 0 atom stereocenters. The van der Waals surface area contributed by atoms with E-state index in [1.165, 1.54) is 18.9 Å². The van der Waals surface area contributed by atoms with E-state index < -0.39 is 0 Å². The fourth-order valence-electron chi connectivity index (χ4n) is 1.84. The number of amides is 1. The Kier molecular flexibility index (Phi) is 6.03. The van der Waals surface area contributed by atoms with Crippen LogP contribution in [-0.4, -0.2) is 24.7 Å². The number of hydrogen-bond donors (Lipinski definition) is 1. The first-order chi connectivity index (χ1) is 10.7. The molecule has 0 aliphatic carbocycles. The minimum Gasteiger partial charge on any atom is -0.468 e. The third-order valence-corrected chi connectivity index (χ3v) is 3.91. The van der Waals surface area contributed by atoms with Gasteiger partial charge in [-0.1, -0.05) is 30.3 Å². The molecule has 1 amide bonds. The summed E-state index contributed by atoms with van der Waals surface area (Å²) in [5.74, 6) is 0.625. The van der Waals surface area contributed by atoms with Crippen molar-refractivity contribution in [3.63, 3.8) is 0 Å². The third-order valence-electron chi connectivity index (χ3n) is 2.94. The number of ether oxygens (including phenoxy) is 1. The normalized spacial score (nSPS) is 10.0. The van der Waals surface area contributed by atoms with Crippen molar-refractivity contribution in [3.8, 4) is 0 Å². The Hall–Kier alpha value is -2.27. The predicted octanol–water partition coefficient (Wildman–Crippen LogP) is 3.35. The summed E-state index contributed by atoms with van der Waals surface area (Å²) in [7, 11) is 1.38. The van der Waals surface area contributed by atoms with Crippen LogP contribution in [0.3, 0.4) is 0 Å². The minimum atomic E-state index is -0.237. The minimum absolute atomic E-state index is 0.139. The summed E-state index contributed by atoms with van der Waals surface area (Å²) in [6.45, 7) is 0. The number of anilines is 1. The van der Waals surface area contributed by atoms with Gasteiger partial charge in [0.25, 0.3) is 5.91 Å². The Bertz CT molecular complexity index is 643. The summed E-state index contributed by atoms with van der Waals surface area (Å²) >= 11 is 1.48. The molecule has 0 bridgehead atoms. The number of carbonyl (C=O) groups excluding carboxylic acids is 2. The van der Waals surface area contributed by atoms with Crippen LogP contribution >= 0.6 is 11.8 Å². The zero-order valence-electron chi connectivity index (χ0n) is 12.2. The Morgan fingerprint density at radius 3 is 2.59 bits per heavy atom. The molecule has 22 heavy (non-hydrogen) atoms. The molecule has 0 fully saturated rings. The van der Waals surface area contributed by atoms with Crippen LogP contribution in [0.4, 0.5) is 5.69 Å². The van der Waals surface area contributed by atoms with E-state index >= 15 is 0 Å². The maximum Gasteiger partial charge on any atom is 0.315 e. The van der Waals surface area contributed by atoms with Crippen LogP contribution in [0.1, 0.15) is 15.9 Å². The van der Waals surface area contributed by atoms with Crippen LogP contribution in [-0.2, 0) is 15.3 Å². The summed E-state index contributed by atoms with van der Waals surface area (Å²) in [4.78, 5) is 23.2. The molecule has 0 aromatic heterocycles. The fraction of sp³-hybridized carbons (Fsp3) is 0.176. The zero-order chi connectivity index (χ0) is 15.8. The van der Waals surface area contributed by atoms with Gasteiger partial charge in [-0.25, -0.2) is 0 Å². The van der Waals surface area contributed by atoms with E-state index in [0.717, 1.165) is 11.3 Å². The maximum absolute atomic E-state index is 12.1. The van der Waals surface area contributed by atoms with Crippen molar-refractivity contribution in [1.29, 1.82) is 0 Å². The molecule has 0 saturated heterocycles. The number of esters is 1. The van der Waals surface area contributed by atoms with Crippen LogP contribution in [0.15, 0.2) is 54.6 Å². The number of rotatable bonds is 6. The Labute approximate surface area is 133 Å². The van der Waals surface area contributed by atoms with Crippen LogP contribution in [0, 0.1) is 0 Å². The lowest BCUT2D eigenvalue weighted by molar-refractivity contribution is -0.137. The van der Waals surface area contributed by atoms with E-state index in [0.29, 0.717) is 17.1 Å². The van der Waals surface area contributed by atoms with Gasteiger partial charge >= 0.3 is 5.97 Å². The smallest absolute Gasteiger partial charge is 0.315 e. The fourth-order valence-corrected chi connectivity index (χ4v) is 2.64. The van der Waals surface area contributed by atoms with Gasteiger partial charge in [0.2, 0.25) is 0 Å². The molecule has 114 valence electrons.